The second-order valence-electron chi connectivity index (χ2n) is 5.04. The van der Waals surface area contributed by atoms with Gasteiger partial charge < -0.3 is 14.3 Å². The molecule has 1 aromatic heterocycles. The first kappa shape index (κ1) is 13.3. The van der Waals surface area contributed by atoms with Crippen molar-refractivity contribution in [2.24, 2.45) is 5.92 Å². The highest BCUT2D eigenvalue weighted by Crippen LogP contribution is 2.26. The van der Waals surface area contributed by atoms with Crippen molar-refractivity contribution in [1.29, 1.82) is 0 Å². The Morgan fingerprint density at radius 3 is 2.72 bits per heavy atom. The molecule has 1 aromatic carbocycles. The summed E-state index contributed by atoms with van der Waals surface area (Å²) < 4.78 is 8.30. The zero-order chi connectivity index (χ0) is 13.3. The number of aromatic amines is 1. The van der Waals surface area contributed by atoms with E-state index in [1.165, 1.54) is 5.56 Å². The highest BCUT2D eigenvalue weighted by atomic mass is 32.1. The Morgan fingerprint density at radius 1 is 1.39 bits per heavy atom. The lowest BCUT2D eigenvalue weighted by molar-refractivity contribution is 0.134. The Labute approximate surface area is 113 Å². The second-order valence-corrected chi connectivity index (χ2v) is 5.42. The molecule has 0 aliphatic heterocycles. The van der Waals surface area contributed by atoms with E-state index >= 15 is 0 Å². The zero-order valence-corrected chi connectivity index (χ0v) is 12.2. The lowest BCUT2D eigenvalue weighted by Crippen LogP contribution is -2.20. The maximum Gasteiger partial charge on any atom is 0.178 e. The van der Waals surface area contributed by atoms with Gasteiger partial charge in [0, 0.05) is 7.11 Å². The Morgan fingerprint density at radius 2 is 2.11 bits per heavy atom. The van der Waals surface area contributed by atoms with Crippen LogP contribution in [0.3, 0.4) is 0 Å². The molecule has 1 heterocycles. The third kappa shape index (κ3) is 2.22. The van der Waals surface area contributed by atoms with Crippen molar-refractivity contribution in [3.8, 4) is 0 Å². The van der Waals surface area contributed by atoms with E-state index in [1.807, 2.05) is 0 Å². The Bertz CT molecular complexity index is 597. The maximum absolute atomic E-state index is 5.47. The minimum atomic E-state index is 0.262. The van der Waals surface area contributed by atoms with Gasteiger partial charge in [0.2, 0.25) is 0 Å². The molecule has 0 aliphatic carbocycles. The number of H-pyrrole nitrogens is 1. The van der Waals surface area contributed by atoms with Crippen molar-refractivity contribution < 1.29 is 4.74 Å². The van der Waals surface area contributed by atoms with E-state index in [0.717, 1.165) is 15.8 Å². The second kappa shape index (κ2) is 5.24. The summed E-state index contributed by atoms with van der Waals surface area (Å²) >= 11 is 5.47. The van der Waals surface area contributed by atoms with Gasteiger partial charge >= 0.3 is 0 Å². The van der Waals surface area contributed by atoms with Crippen LogP contribution in [0.2, 0.25) is 0 Å². The van der Waals surface area contributed by atoms with Gasteiger partial charge in [-0.25, -0.2) is 0 Å². The van der Waals surface area contributed by atoms with Gasteiger partial charge in [0.25, 0.3) is 0 Å². The molecule has 1 N–H and O–H groups in total. The van der Waals surface area contributed by atoms with Crippen molar-refractivity contribution in [3.63, 3.8) is 0 Å². The van der Waals surface area contributed by atoms with E-state index in [9.17, 15) is 0 Å². The first-order valence-electron chi connectivity index (χ1n) is 6.25. The number of hydrogen-bond acceptors (Lipinski definition) is 2. The van der Waals surface area contributed by atoms with E-state index < -0.39 is 0 Å². The maximum atomic E-state index is 5.47. The van der Waals surface area contributed by atoms with Crippen LogP contribution >= 0.6 is 12.2 Å². The van der Waals surface area contributed by atoms with Crippen LogP contribution in [0.15, 0.2) is 18.2 Å². The summed E-state index contributed by atoms with van der Waals surface area (Å²) in [7, 11) is 1.74. The Hall–Kier alpha value is -1.13. The molecule has 0 saturated heterocycles. The van der Waals surface area contributed by atoms with E-state index in [0.29, 0.717) is 12.5 Å². The van der Waals surface area contributed by atoms with E-state index in [2.05, 4.69) is 48.5 Å². The van der Waals surface area contributed by atoms with Crippen LogP contribution in [0.1, 0.15) is 25.5 Å². The molecular weight excluding hydrogens is 244 g/mol. The minimum Gasteiger partial charge on any atom is -0.383 e. The standard InChI is InChI=1S/C14H20N2OS/c1-9(2)12(8-17-4)16-11-7-5-6-10(3)13(11)15-14(16)18/h5-7,9,12H,8H2,1-4H3,(H,15,18). The molecule has 2 aromatic rings. The number of benzene rings is 1. The fourth-order valence-corrected chi connectivity index (χ4v) is 2.69. The largest absolute Gasteiger partial charge is 0.383 e. The average Bonchev–Trinajstić information content (AvgIpc) is 2.64. The molecule has 18 heavy (non-hydrogen) atoms. The summed E-state index contributed by atoms with van der Waals surface area (Å²) in [6, 6.07) is 6.54. The molecule has 0 aliphatic rings. The van der Waals surface area contributed by atoms with Crippen LogP contribution in [-0.2, 0) is 4.74 Å². The van der Waals surface area contributed by atoms with Crippen molar-refractivity contribution in [2.45, 2.75) is 26.8 Å². The number of hydrogen-bond donors (Lipinski definition) is 1. The number of ether oxygens (including phenoxy) is 1. The number of fused-ring (bicyclic) bond motifs is 1. The summed E-state index contributed by atoms with van der Waals surface area (Å²) in [6.07, 6.45) is 0. The molecule has 0 fully saturated rings. The van der Waals surface area contributed by atoms with E-state index in [-0.39, 0.29) is 6.04 Å². The van der Waals surface area contributed by atoms with Gasteiger partial charge in [-0.3, -0.25) is 0 Å². The number of methoxy groups -OCH3 is 1. The number of para-hydroxylation sites is 1. The molecule has 0 bridgehead atoms. The molecule has 0 amide bonds. The summed E-state index contributed by atoms with van der Waals surface area (Å²) in [6.45, 7) is 7.16. The third-order valence-corrected chi connectivity index (χ3v) is 3.70. The van der Waals surface area contributed by atoms with Crippen LogP contribution in [-0.4, -0.2) is 23.3 Å². The fourth-order valence-electron chi connectivity index (χ4n) is 2.36. The molecule has 98 valence electrons. The molecular formula is C14H20N2OS. The minimum absolute atomic E-state index is 0.262. The van der Waals surface area contributed by atoms with Crippen LogP contribution in [0.25, 0.3) is 11.0 Å². The summed E-state index contributed by atoms with van der Waals surface area (Å²) in [5, 5.41) is 0. The highest BCUT2D eigenvalue weighted by molar-refractivity contribution is 7.71. The first-order valence-corrected chi connectivity index (χ1v) is 6.66. The smallest absolute Gasteiger partial charge is 0.178 e. The summed E-state index contributed by atoms with van der Waals surface area (Å²) in [5.41, 5.74) is 3.51. The van der Waals surface area contributed by atoms with E-state index in [4.69, 9.17) is 17.0 Å². The Balaban J connectivity index is 2.66. The number of imidazole rings is 1. The Kier molecular flexibility index (Phi) is 3.88. The fraction of sp³-hybridized carbons (Fsp3) is 0.500. The van der Waals surface area contributed by atoms with Gasteiger partial charge in [-0.05, 0) is 36.7 Å². The SMILES string of the molecule is COCC(C(C)C)n1c(=S)[nH]c2c(C)cccc21. The van der Waals surface area contributed by atoms with Crippen molar-refractivity contribution in [1.82, 2.24) is 9.55 Å². The highest BCUT2D eigenvalue weighted by Gasteiger charge is 2.19. The molecule has 1 atom stereocenters. The lowest BCUT2D eigenvalue weighted by Gasteiger charge is -2.22. The van der Waals surface area contributed by atoms with Gasteiger partial charge in [0.05, 0.1) is 23.7 Å². The zero-order valence-electron chi connectivity index (χ0n) is 11.4. The molecule has 0 spiro atoms. The van der Waals surface area contributed by atoms with Crippen molar-refractivity contribution in [3.05, 3.63) is 28.5 Å². The number of rotatable bonds is 4. The van der Waals surface area contributed by atoms with Gasteiger partial charge in [-0.2, -0.15) is 0 Å². The van der Waals surface area contributed by atoms with Crippen LogP contribution in [0.4, 0.5) is 0 Å². The molecule has 2 rings (SSSR count). The molecule has 1 unspecified atom stereocenters. The third-order valence-electron chi connectivity index (χ3n) is 3.40. The van der Waals surface area contributed by atoms with Gasteiger partial charge in [-0.1, -0.05) is 26.0 Å². The number of aryl methyl sites for hydroxylation is 1. The predicted octanol–water partition coefficient (Wildman–Crippen LogP) is 3.85. The molecule has 3 nitrogen and oxygen atoms in total. The topological polar surface area (TPSA) is 29.9 Å². The first-order chi connectivity index (χ1) is 8.56. The molecule has 0 radical (unpaired) electrons. The quantitative estimate of drug-likeness (QED) is 0.850. The lowest BCUT2D eigenvalue weighted by atomic mass is 10.0. The van der Waals surface area contributed by atoms with Crippen molar-refractivity contribution >= 4 is 23.3 Å². The molecule has 0 saturated carbocycles. The van der Waals surface area contributed by atoms with Crippen LogP contribution in [0, 0.1) is 17.6 Å². The molecule has 4 heteroatoms. The monoisotopic (exact) mass is 264 g/mol. The van der Waals surface area contributed by atoms with Crippen molar-refractivity contribution in [2.75, 3.05) is 13.7 Å². The van der Waals surface area contributed by atoms with Crippen LogP contribution < -0.4 is 0 Å². The number of aromatic nitrogens is 2. The predicted molar refractivity (Wildman–Crippen MR) is 77.6 cm³/mol. The van der Waals surface area contributed by atoms with Gasteiger partial charge in [0.15, 0.2) is 4.77 Å². The normalized spacial score (nSPS) is 13.4. The average molecular weight is 264 g/mol. The van der Waals surface area contributed by atoms with Gasteiger partial charge in [-0.15, -0.1) is 0 Å². The number of nitrogens with zero attached hydrogens (tertiary/aromatic N) is 1. The van der Waals surface area contributed by atoms with Gasteiger partial charge in [0.1, 0.15) is 0 Å². The van der Waals surface area contributed by atoms with E-state index in [1.54, 1.807) is 7.11 Å². The number of nitrogens with one attached hydrogen (secondary N) is 1. The van der Waals surface area contributed by atoms with Crippen LogP contribution in [0.5, 0.6) is 0 Å². The summed E-state index contributed by atoms with van der Waals surface area (Å²) in [5.74, 6) is 0.469. The summed E-state index contributed by atoms with van der Waals surface area (Å²) in [4.78, 5) is 3.31.